The lowest BCUT2D eigenvalue weighted by Gasteiger charge is -2.21. The summed E-state index contributed by atoms with van der Waals surface area (Å²) in [6, 6.07) is 9.72. The molecule has 0 aliphatic heterocycles. The number of carbonyl (C=O) groups is 1. The first-order valence-electron chi connectivity index (χ1n) is 10.8. The van der Waals surface area contributed by atoms with Gasteiger partial charge in [0.05, 0.1) is 30.9 Å². The van der Waals surface area contributed by atoms with Crippen LogP contribution in [0.25, 0.3) is 16.5 Å². The molecular weight excluding hydrogens is 392 g/mol. The number of carbonyl (C=O) groups excluding carboxylic acids is 1. The van der Waals surface area contributed by atoms with E-state index in [0.29, 0.717) is 27.8 Å². The lowest BCUT2D eigenvalue weighted by atomic mass is 9.90. The minimum absolute atomic E-state index is 0.168. The molecule has 1 fully saturated rings. The Morgan fingerprint density at radius 2 is 1.74 bits per heavy atom. The van der Waals surface area contributed by atoms with Crippen molar-refractivity contribution in [3.8, 4) is 17.2 Å². The van der Waals surface area contributed by atoms with Gasteiger partial charge in [-0.05, 0) is 67.9 Å². The first-order valence-corrected chi connectivity index (χ1v) is 10.8. The Balaban J connectivity index is 1.79. The van der Waals surface area contributed by atoms with Gasteiger partial charge in [0.25, 0.3) is 11.5 Å². The fourth-order valence-electron chi connectivity index (χ4n) is 4.50. The number of nitrogens with zero attached hydrogens (tertiary/aromatic N) is 1. The lowest BCUT2D eigenvalue weighted by Crippen LogP contribution is -2.29. The van der Waals surface area contributed by atoms with E-state index in [2.05, 4.69) is 11.4 Å². The smallest absolute Gasteiger partial charge is 0.263 e. The van der Waals surface area contributed by atoms with E-state index in [1.165, 1.54) is 11.1 Å². The molecule has 1 amide bonds. The van der Waals surface area contributed by atoms with Crippen LogP contribution in [-0.4, -0.2) is 30.7 Å². The predicted octanol–water partition coefficient (Wildman–Crippen LogP) is 3.78. The minimum atomic E-state index is -0.169. The highest BCUT2D eigenvalue weighted by atomic mass is 16.5. The highest BCUT2D eigenvalue weighted by Crippen LogP contribution is 2.34. The number of hydrogen-bond acceptors (Lipinski definition) is 4. The molecule has 0 radical (unpaired) electrons. The number of hydrogen-bond donors (Lipinski definition) is 1. The predicted molar refractivity (Wildman–Crippen MR) is 120 cm³/mol. The van der Waals surface area contributed by atoms with Crippen molar-refractivity contribution >= 4 is 16.7 Å². The van der Waals surface area contributed by atoms with Crippen LogP contribution in [0.1, 0.15) is 47.2 Å². The quantitative estimate of drug-likeness (QED) is 0.685. The van der Waals surface area contributed by atoms with Crippen LogP contribution in [0.4, 0.5) is 0 Å². The Labute approximate surface area is 180 Å². The molecular formula is C25H26N2O4. The van der Waals surface area contributed by atoms with Crippen LogP contribution in [0.5, 0.6) is 11.5 Å². The first-order chi connectivity index (χ1) is 15.1. The lowest BCUT2D eigenvalue weighted by molar-refractivity contribution is 0.0952. The zero-order chi connectivity index (χ0) is 21.5. The third-order valence-electron chi connectivity index (χ3n) is 6.31. The zero-order valence-corrected chi connectivity index (χ0v) is 17.9. The van der Waals surface area contributed by atoms with Crippen LogP contribution < -0.4 is 20.3 Å². The van der Waals surface area contributed by atoms with Gasteiger partial charge in [0, 0.05) is 17.6 Å². The molecule has 6 heteroatoms. The van der Waals surface area contributed by atoms with Crippen molar-refractivity contribution in [2.45, 2.75) is 44.6 Å². The number of nitrogens with one attached hydrogen (secondary N) is 1. The number of amides is 1. The molecule has 1 aromatic heterocycles. The highest BCUT2D eigenvalue weighted by Gasteiger charge is 2.26. The van der Waals surface area contributed by atoms with Gasteiger partial charge in [-0.1, -0.05) is 12.1 Å². The number of ether oxygens (including phenoxy) is 2. The number of aromatic nitrogens is 1. The van der Waals surface area contributed by atoms with E-state index in [-0.39, 0.29) is 17.5 Å². The summed E-state index contributed by atoms with van der Waals surface area (Å²) < 4.78 is 12.5. The van der Waals surface area contributed by atoms with E-state index >= 15 is 0 Å². The third-order valence-corrected chi connectivity index (χ3v) is 6.31. The normalized spacial score (nSPS) is 15.4. The summed E-state index contributed by atoms with van der Waals surface area (Å²) in [5, 5.41) is 4.07. The van der Waals surface area contributed by atoms with E-state index in [4.69, 9.17) is 9.47 Å². The molecule has 1 saturated carbocycles. The van der Waals surface area contributed by atoms with Crippen LogP contribution in [0.15, 0.2) is 41.3 Å². The Morgan fingerprint density at radius 1 is 1.03 bits per heavy atom. The average Bonchev–Trinajstić information content (AvgIpc) is 3.62. The highest BCUT2D eigenvalue weighted by molar-refractivity contribution is 6.07. The van der Waals surface area contributed by atoms with Gasteiger partial charge in [-0.2, -0.15) is 0 Å². The minimum Gasteiger partial charge on any atom is -0.493 e. The van der Waals surface area contributed by atoms with E-state index in [0.717, 1.165) is 44.2 Å². The summed E-state index contributed by atoms with van der Waals surface area (Å²) in [7, 11) is 3.09. The van der Waals surface area contributed by atoms with Crippen molar-refractivity contribution in [3.05, 3.63) is 63.6 Å². The number of rotatable bonds is 5. The van der Waals surface area contributed by atoms with Crippen LogP contribution in [0.2, 0.25) is 0 Å². The molecule has 2 aliphatic carbocycles. The maximum absolute atomic E-state index is 13.6. The largest absolute Gasteiger partial charge is 0.493 e. The number of methoxy groups -OCH3 is 2. The zero-order valence-electron chi connectivity index (χ0n) is 17.9. The summed E-state index contributed by atoms with van der Waals surface area (Å²) in [5.74, 6) is 0.788. The van der Waals surface area contributed by atoms with Gasteiger partial charge in [-0.3, -0.25) is 14.2 Å². The van der Waals surface area contributed by atoms with Gasteiger partial charge in [0.15, 0.2) is 11.5 Å². The number of aryl methyl sites for hydroxylation is 1. The molecule has 0 unspecified atom stereocenters. The fraction of sp³-hybridized carbons (Fsp3) is 0.360. The van der Waals surface area contributed by atoms with E-state index in [9.17, 15) is 9.59 Å². The molecule has 31 heavy (non-hydrogen) atoms. The van der Waals surface area contributed by atoms with E-state index in [1.807, 2.05) is 12.1 Å². The molecule has 1 heterocycles. The molecule has 1 N–H and O–H groups in total. The van der Waals surface area contributed by atoms with Gasteiger partial charge in [-0.15, -0.1) is 0 Å². The van der Waals surface area contributed by atoms with Crippen molar-refractivity contribution < 1.29 is 14.3 Å². The van der Waals surface area contributed by atoms with E-state index in [1.54, 1.807) is 37.1 Å². The molecule has 2 aliphatic rings. The van der Waals surface area contributed by atoms with Crippen molar-refractivity contribution in [1.82, 2.24) is 9.88 Å². The summed E-state index contributed by atoms with van der Waals surface area (Å²) in [6.07, 6.45) is 7.90. The second-order valence-electron chi connectivity index (χ2n) is 8.34. The Kier molecular flexibility index (Phi) is 4.93. The molecule has 0 spiro atoms. The monoisotopic (exact) mass is 418 g/mol. The van der Waals surface area contributed by atoms with Gasteiger partial charge in [0.2, 0.25) is 0 Å². The first kappa shape index (κ1) is 19.7. The second-order valence-corrected chi connectivity index (χ2v) is 8.34. The number of pyridine rings is 1. The van der Waals surface area contributed by atoms with Crippen molar-refractivity contribution in [1.29, 1.82) is 0 Å². The summed E-state index contributed by atoms with van der Waals surface area (Å²) >= 11 is 0. The molecule has 3 aromatic rings. The van der Waals surface area contributed by atoms with Crippen molar-refractivity contribution in [2.75, 3.05) is 14.2 Å². The van der Waals surface area contributed by atoms with Crippen LogP contribution in [0.3, 0.4) is 0 Å². The molecule has 5 rings (SSSR count). The Hall–Kier alpha value is -3.28. The van der Waals surface area contributed by atoms with Gasteiger partial charge in [0.1, 0.15) is 0 Å². The topological polar surface area (TPSA) is 69.6 Å². The van der Waals surface area contributed by atoms with Gasteiger partial charge in [-0.25, -0.2) is 0 Å². The van der Waals surface area contributed by atoms with Crippen LogP contribution in [0, 0.1) is 0 Å². The van der Waals surface area contributed by atoms with Crippen molar-refractivity contribution in [2.24, 2.45) is 0 Å². The number of fused-ring (bicyclic) bond motifs is 2. The molecule has 6 nitrogen and oxygen atoms in total. The summed E-state index contributed by atoms with van der Waals surface area (Å²) in [5.41, 5.74) is 3.64. The van der Waals surface area contributed by atoms with E-state index < -0.39 is 0 Å². The van der Waals surface area contributed by atoms with Crippen LogP contribution in [-0.2, 0) is 12.8 Å². The maximum atomic E-state index is 13.6. The fourth-order valence-corrected chi connectivity index (χ4v) is 4.50. The molecule has 0 atom stereocenters. The average molecular weight is 418 g/mol. The third kappa shape index (κ3) is 3.46. The van der Waals surface area contributed by atoms with Crippen LogP contribution >= 0.6 is 0 Å². The van der Waals surface area contributed by atoms with Crippen molar-refractivity contribution in [3.63, 3.8) is 0 Å². The maximum Gasteiger partial charge on any atom is 0.263 e. The summed E-state index contributed by atoms with van der Waals surface area (Å²) in [6.45, 7) is 0. The van der Waals surface area contributed by atoms with Gasteiger partial charge >= 0.3 is 0 Å². The molecule has 0 saturated heterocycles. The molecule has 2 aromatic carbocycles. The molecule has 160 valence electrons. The van der Waals surface area contributed by atoms with Gasteiger partial charge < -0.3 is 14.8 Å². The SMILES string of the molecule is COc1cc2c(C(=O)NC3CC3)cn(-c3cccc4c3CCCC4)c(=O)c2cc1OC. The number of benzene rings is 2. The Bertz CT molecular complexity index is 1240. The summed E-state index contributed by atoms with van der Waals surface area (Å²) in [4.78, 5) is 26.8. The molecule has 0 bridgehead atoms. The Morgan fingerprint density at radius 3 is 2.45 bits per heavy atom. The standard InChI is InChI=1S/C25H26N2O4/c1-30-22-12-18-19(13-23(22)31-2)25(29)27(14-20(18)24(28)26-16-10-11-16)21-9-5-7-15-6-3-4-8-17(15)21/h5,7,9,12-14,16H,3-4,6,8,10-11H2,1-2H3,(H,26,28). The second kappa shape index (κ2) is 7.76.